The summed E-state index contributed by atoms with van der Waals surface area (Å²) in [4.78, 5) is 0. The normalized spacial score (nSPS) is 16.0. The molecule has 0 saturated heterocycles. The van der Waals surface area contributed by atoms with Crippen LogP contribution >= 0.6 is 0 Å². The molecule has 0 aromatic carbocycles. The third kappa shape index (κ3) is 2.25. The van der Waals surface area contributed by atoms with Crippen LogP contribution in [0.4, 0.5) is 0 Å². The Morgan fingerprint density at radius 3 is 1.88 bits per heavy atom. The Labute approximate surface area is 53.3 Å². The molecule has 0 fully saturated rings. The molecule has 1 unspecified atom stereocenters. The molecule has 0 heteroatoms. The smallest absolute Gasteiger partial charge is 0.0649 e. The van der Waals surface area contributed by atoms with Crippen LogP contribution in [0.3, 0.4) is 0 Å². The molecule has 0 spiro atoms. The Balaban J connectivity index is 3.62. The molecule has 0 aromatic rings. The maximum Gasteiger partial charge on any atom is 0.102 e. The van der Waals surface area contributed by atoms with Gasteiger partial charge in [0.25, 0.3) is 0 Å². The van der Waals surface area contributed by atoms with Crippen molar-refractivity contribution < 1.29 is 0 Å². The summed E-state index contributed by atoms with van der Waals surface area (Å²) in [5.74, 6) is 0.738. The molecule has 0 aliphatic rings. The lowest BCUT2D eigenvalue weighted by atomic mass is 9.81. The summed E-state index contributed by atoms with van der Waals surface area (Å²) in [7, 11) is 0. The van der Waals surface area contributed by atoms with Crippen LogP contribution in [0.1, 0.15) is 34.1 Å². The fourth-order valence-electron chi connectivity index (χ4n) is 0.553. The van der Waals surface area contributed by atoms with Crippen molar-refractivity contribution in [1.29, 1.82) is 0 Å². The van der Waals surface area contributed by atoms with E-state index in [0.717, 1.165) is 5.92 Å². The Morgan fingerprint density at radius 1 is 1.50 bits per heavy atom. The minimum absolute atomic E-state index is 0.259. The molecule has 0 aliphatic heterocycles. The molecule has 0 nitrogen and oxygen atoms in total. The van der Waals surface area contributed by atoms with Crippen LogP contribution in [0.5, 0.6) is 0 Å². The van der Waals surface area contributed by atoms with Gasteiger partial charge in [-0.05, 0) is 20.3 Å². The molecule has 0 N–H and O–H groups in total. The maximum atomic E-state index is 4.04. The molecule has 0 heterocycles. The largest absolute Gasteiger partial charge is 0.102 e. The number of rotatable bonds is 2. The SMILES string of the molecule is [CH2+]C(C)(C)C(C)CC. The van der Waals surface area contributed by atoms with Crippen LogP contribution in [0, 0.1) is 18.3 Å². The van der Waals surface area contributed by atoms with Crippen LogP contribution in [0.2, 0.25) is 0 Å². The second-order valence-corrected chi connectivity index (χ2v) is 3.30. The van der Waals surface area contributed by atoms with Gasteiger partial charge in [0, 0.05) is 5.92 Å². The fourth-order valence-corrected chi connectivity index (χ4v) is 0.553. The van der Waals surface area contributed by atoms with Gasteiger partial charge in [-0.3, -0.25) is 0 Å². The van der Waals surface area contributed by atoms with Crippen molar-refractivity contribution in [1.82, 2.24) is 0 Å². The first kappa shape index (κ1) is 7.87. The van der Waals surface area contributed by atoms with Gasteiger partial charge >= 0.3 is 0 Å². The summed E-state index contributed by atoms with van der Waals surface area (Å²) in [5.41, 5.74) is 0.259. The van der Waals surface area contributed by atoms with E-state index in [2.05, 4.69) is 34.6 Å². The van der Waals surface area contributed by atoms with E-state index in [1.54, 1.807) is 0 Å². The lowest BCUT2D eigenvalue weighted by Gasteiger charge is -2.18. The summed E-state index contributed by atoms with van der Waals surface area (Å²) < 4.78 is 0. The highest BCUT2D eigenvalue weighted by Crippen LogP contribution is 2.26. The predicted molar refractivity (Wildman–Crippen MR) is 38.6 cm³/mol. The summed E-state index contributed by atoms with van der Waals surface area (Å²) >= 11 is 0. The van der Waals surface area contributed by atoms with Crippen molar-refractivity contribution in [2.45, 2.75) is 34.1 Å². The van der Waals surface area contributed by atoms with E-state index in [-0.39, 0.29) is 5.41 Å². The lowest BCUT2D eigenvalue weighted by Crippen LogP contribution is -2.16. The first-order chi connectivity index (χ1) is 3.48. The van der Waals surface area contributed by atoms with Crippen LogP contribution in [-0.2, 0) is 0 Å². The van der Waals surface area contributed by atoms with E-state index in [4.69, 9.17) is 0 Å². The number of hydrogen-bond donors (Lipinski definition) is 0. The Hall–Kier alpha value is -0.130. The van der Waals surface area contributed by atoms with Gasteiger partial charge in [-0.25, -0.2) is 0 Å². The van der Waals surface area contributed by atoms with E-state index in [9.17, 15) is 0 Å². The van der Waals surface area contributed by atoms with E-state index in [1.807, 2.05) is 0 Å². The minimum Gasteiger partial charge on any atom is -0.0649 e. The highest BCUT2D eigenvalue weighted by molar-refractivity contribution is 4.75. The third-order valence-electron chi connectivity index (χ3n) is 1.95. The van der Waals surface area contributed by atoms with Gasteiger partial charge in [0.1, 0.15) is 5.41 Å². The number of hydrogen-bond acceptors (Lipinski definition) is 0. The van der Waals surface area contributed by atoms with Gasteiger partial charge in [0.15, 0.2) is 0 Å². The quantitative estimate of drug-likeness (QED) is 0.483. The van der Waals surface area contributed by atoms with Crippen molar-refractivity contribution in [3.8, 4) is 0 Å². The van der Waals surface area contributed by atoms with E-state index < -0.39 is 0 Å². The van der Waals surface area contributed by atoms with Crippen molar-refractivity contribution >= 4 is 0 Å². The third-order valence-corrected chi connectivity index (χ3v) is 1.95. The zero-order chi connectivity index (χ0) is 6.78. The van der Waals surface area contributed by atoms with Gasteiger partial charge in [0.2, 0.25) is 0 Å². The molecule has 0 bridgehead atoms. The molecule has 0 aliphatic carbocycles. The Kier molecular flexibility index (Phi) is 2.39. The van der Waals surface area contributed by atoms with Crippen molar-refractivity contribution in [3.05, 3.63) is 6.92 Å². The van der Waals surface area contributed by atoms with Crippen molar-refractivity contribution in [3.63, 3.8) is 0 Å². The maximum absolute atomic E-state index is 4.04. The minimum atomic E-state index is 0.259. The zero-order valence-electron chi connectivity index (χ0n) is 6.49. The molecule has 0 aromatic heterocycles. The summed E-state index contributed by atoms with van der Waals surface area (Å²) in [6.07, 6.45) is 1.23. The van der Waals surface area contributed by atoms with Crippen molar-refractivity contribution in [2.24, 2.45) is 11.3 Å². The average Bonchev–Trinajstić information content (AvgIpc) is 1.62. The molecule has 48 valence electrons. The summed E-state index contributed by atoms with van der Waals surface area (Å²) in [6, 6.07) is 0. The van der Waals surface area contributed by atoms with Gasteiger partial charge in [-0.1, -0.05) is 13.8 Å². The molecule has 0 amide bonds. The zero-order valence-corrected chi connectivity index (χ0v) is 6.49. The molecular weight excluding hydrogens is 96.1 g/mol. The van der Waals surface area contributed by atoms with Crippen LogP contribution in [0.15, 0.2) is 0 Å². The highest BCUT2D eigenvalue weighted by atomic mass is 14.2. The molecular formula is C8H17+. The Bertz CT molecular complexity index is 56.9. The van der Waals surface area contributed by atoms with Crippen LogP contribution < -0.4 is 0 Å². The van der Waals surface area contributed by atoms with Gasteiger partial charge in [0.05, 0.1) is 6.92 Å². The van der Waals surface area contributed by atoms with Crippen molar-refractivity contribution in [2.75, 3.05) is 0 Å². The van der Waals surface area contributed by atoms with E-state index >= 15 is 0 Å². The first-order valence-electron chi connectivity index (χ1n) is 3.33. The van der Waals surface area contributed by atoms with E-state index in [1.165, 1.54) is 6.42 Å². The lowest BCUT2D eigenvalue weighted by molar-refractivity contribution is 0.295. The predicted octanol–water partition coefficient (Wildman–Crippen LogP) is 2.89. The van der Waals surface area contributed by atoms with Gasteiger partial charge in [-0.2, -0.15) is 0 Å². The fraction of sp³-hybridized carbons (Fsp3) is 0.875. The summed E-state index contributed by atoms with van der Waals surface area (Å²) in [6.45, 7) is 12.9. The molecule has 1 atom stereocenters. The Morgan fingerprint density at radius 2 is 1.88 bits per heavy atom. The molecule has 0 radical (unpaired) electrons. The van der Waals surface area contributed by atoms with Gasteiger partial charge in [-0.15, -0.1) is 0 Å². The first-order valence-corrected chi connectivity index (χ1v) is 3.33. The second kappa shape index (κ2) is 2.43. The van der Waals surface area contributed by atoms with Gasteiger partial charge < -0.3 is 0 Å². The molecule has 8 heavy (non-hydrogen) atoms. The molecule has 0 saturated carbocycles. The van der Waals surface area contributed by atoms with Crippen LogP contribution in [0.25, 0.3) is 0 Å². The monoisotopic (exact) mass is 113 g/mol. The second-order valence-electron chi connectivity index (χ2n) is 3.30. The van der Waals surface area contributed by atoms with Crippen LogP contribution in [-0.4, -0.2) is 0 Å². The molecule has 0 rings (SSSR count). The standard InChI is InChI=1S/C8H17/c1-6-7(2)8(3,4)5/h7H,3,6H2,1-2,4-5H3/q+1. The average molecular weight is 113 g/mol. The summed E-state index contributed by atoms with van der Waals surface area (Å²) in [5, 5.41) is 0. The topological polar surface area (TPSA) is 0 Å². The highest BCUT2D eigenvalue weighted by Gasteiger charge is 2.24. The van der Waals surface area contributed by atoms with E-state index in [0.29, 0.717) is 0 Å².